The highest BCUT2D eigenvalue weighted by Gasteiger charge is 2.33. The van der Waals surface area contributed by atoms with E-state index in [1.165, 1.54) is 5.56 Å². The summed E-state index contributed by atoms with van der Waals surface area (Å²) in [6.07, 6.45) is 7.92. The Bertz CT molecular complexity index is 809. The lowest BCUT2D eigenvalue weighted by Crippen LogP contribution is -2.32. The van der Waals surface area contributed by atoms with Crippen molar-refractivity contribution in [1.29, 1.82) is 0 Å². The predicted octanol–water partition coefficient (Wildman–Crippen LogP) is 5.71. The summed E-state index contributed by atoms with van der Waals surface area (Å²) in [5, 5.41) is 2.98. The smallest absolute Gasteiger partial charge is 0.250 e. The van der Waals surface area contributed by atoms with Crippen LogP contribution in [0.1, 0.15) is 59.9 Å². The molecule has 0 aliphatic carbocycles. The number of aliphatic imine (C=N–C) groups is 2. The first-order chi connectivity index (χ1) is 13.1. The minimum absolute atomic E-state index is 0.0134. The maximum atomic E-state index is 12.7. The molecule has 2 atom stereocenters. The van der Waals surface area contributed by atoms with Gasteiger partial charge in [0.05, 0.1) is 5.70 Å². The molecular formula is C24H33N3O. The van der Waals surface area contributed by atoms with Crippen LogP contribution in [0.2, 0.25) is 0 Å². The van der Waals surface area contributed by atoms with E-state index in [-0.39, 0.29) is 17.2 Å². The van der Waals surface area contributed by atoms with E-state index in [0.717, 1.165) is 24.2 Å². The van der Waals surface area contributed by atoms with Crippen molar-refractivity contribution in [1.82, 2.24) is 0 Å². The Hall–Kier alpha value is -2.49. The first-order valence-corrected chi connectivity index (χ1v) is 9.89. The number of hydrogen-bond donors (Lipinski definition) is 1. The van der Waals surface area contributed by atoms with Gasteiger partial charge in [-0.1, -0.05) is 52.0 Å². The molecular weight excluding hydrogens is 346 g/mol. The van der Waals surface area contributed by atoms with Gasteiger partial charge in [0.2, 0.25) is 0 Å². The molecule has 0 aromatic heterocycles. The number of carbonyl (C=O) groups is 1. The van der Waals surface area contributed by atoms with Gasteiger partial charge in [0, 0.05) is 23.4 Å². The largest absolute Gasteiger partial charge is 0.322 e. The summed E-state index contributed by atoms with van der Waals surface area (Å²) in [4.78, 5) is 21.5. The van der Waals surface area contributed by atoms with Crippen LogP contribution in [0, 0.1) is 5.92 Å². The quantitative estimate of drug-likeness (QED) is 0.499. The number of nitrogens with zero attached hydrogens (tertiary/aromatic N) is 2. The van der Waals surface area contributed by atoms with Crippen molar-refractivity contribution in [2.24, 2.45) is 15.9 Å². The zero-order chi connectivity index (χ0) is 20.9. The second-order valence-corrected chi connectivity index (χ2v) is 8.70. The fraction of sp³-hybridized carbons (Fsp3) is 0.458. The van der Waals surface area contributed by atoms with Crippen LogP contribution in [0.5, 0.6) is 0 Å². The Labute approximate surface area is 169 Å². The molecule has 1 aromatic rings. The highest BCUT2D eigenvalue weighted by molar-refractivity contribution is 6.03. The first kappa shape index (κ1) is 21.8. The van der Waals surface area contributed by atoms with Crippen LogP contribution in [-0.4, -0.2) is 24.4 Å². The highest BCUT2D eigenvalue weighted by Crippen LogP contribution is 2.34. The minimum atomic E-state index is -0.549. The molecule has 1 N–H and O–H groups in total. The maximum Gasteiger partial charge on any atom is 0.250 e. The molecule has 0 fully saturated rings. The number of carbonyl (C=O) groups excluding carboxylic acids is 1. The molecule has 4 heteroatoms. The SMILES string of the molecule is C=NC(C)(C1=CCCC=N1)C(C)/C=C(\C)C(=O)Nc1ccc(C(C)(C)C)cc1. The molecule has 0 saturated carbocycles. The monoisotopic (exact) mass is 379 g/mol. The van der Waals surface area contributed by atoms with Gasteiger partial charge in [-0.25, -0.2) is 0 Å². The Kier molecular flexibility index (Phi) is 6.76. The lowest BCUT2D eigenvalue weighted by molar-refractivity contribution is -0.112. The van der Waals surface area contributed by atoms with E-state index in [9.17, 15) is 4.79 Å². The molecule has 28 heavy (non-hydrogen) atoms. The Balaban J connectivity index is 2.12. The number of amides is 1. The van der Waals surface area contributed by atoms with Crippen molar-refractivity contribution >= 4 is 24.5 Å². The van der Waals surface area contributed by atoms with Crippen molar-refractivity contribution in [3.05, 3.63) is 53.3 Å². The van der Waals surface area contributed by atoms with Gasteiger partial charge in [0.1, 0.15) is 5.54 Å². The van der Waals surface area contributed by atoms with E-state index in [1.54, 1.807) is 0 Å². The normalized spacial score (nSPS) is 18.1. The van der Waals surface area contributed by atoms with Crippen LogP contribution >= 0.6 is 0 Å². The van der Waals surface area contributed by atoms with Gasteiger partial charge in [-0.3, -0.25) is 14.8 Å². The topological polar surface area (TPSA) is 53.8 Å². The molecule has 0 bridgehead atoms. The van der Waals surface area contributed by atoms with Gasteiger partial charge in [-0.15, -0.1) is 0 Å². The van der Waals surface area contributed by atoms with E-state index in [0.29, 0.717) is 5.57 Å². The van der Waals surface area contributed by atoms with E-state index in [1.807, 2.05) is 38.3 Å². The summed E-state index contributed by atoms with van der Waals surface area (Å²) in [6.45, 7) is 16.2. The number of anilines is 1. The van der Waals surface area contributed by atoms with Crippen molar-refractivity contribution in [2.45, 2.75) is 65.3 Å². The van der Waals surface area contributed by atoms with Crippen LogP contribution < -0.4 is 5.32 Å². The average Bonchev–Trinajstić information content (AvgIpc) is 2.67. The number of hydrogen-bond acceptors (Lipinski definition) is 3. The second kappa shape index (κ2) is 8.68. The number of benzene rings is 1. The van der Waals surface area contributed by atoms with Crippen LogP contribution in [0.15, 0.2) is 57.7 Å². The molecule has 0 saturated heterocycles. The van der Waals surface area contributed by atoms with E-state index in [4.69, 9.17) is 0 Å². The van der Waals surface area contributed by atoms with E-state index >= 15 is 0 Å². The molecule has 4 nitrogen and oxygen atoms in total. The number of rotatable bonds is 6. The standard InChI is InChI=1S/C24H33N3O/c1-17(16-18(2)24(6,25-7)21-10-8-9-15-26-21)22(28)27-20-13-11-19(12-14-20)23(3,4)5/h10-16,18H,7-9H2,1-6H3,(H,27,28)/b17-16+. The Morgan fingerprint density at radius 2 is 1.86 bits per heavy atom. The zero-order valence-corrected chi connectivity index (χ0v) is 18.0. The highest BCUT2D eigenvalue weighted by atomic mass is 16.1. The van der Waals surface area contributed by atoms with Crippen LogP contribution in [0.3, 0.4) is 0 Å². The summed E-state index contributed by atoms with van der Waals surface area (Å²) in [6, 6.07) is 8.02. The molecule has 1 heterocycles. The van der Waals surface area contributed by atoms with Crippen molar-refractivity contribution < 1.29 is 4.79 Å². The fourth-order valence-corrected chi connectivity index (χ4v) is 3.20. The zero-order valence-electron chi connectivity index (χ0n) is 18.0. The molecule has 1 aromatic carbocycles. The molecule has 1 aliphatic heterocycles. The van der Waals surface area contributed by atoms with Crippen LogP contribution in [-0.2, 0) is 10.2 Å². The van der Waals surface area contributed by atoms with Crippen molar-refractivity contribution in [3.63, 3.8) is 0 Å². The lowest BCUT2D eigenvalue weighted by Gasteiger charge is -2.31. The molecule has 0 spiro atoms. The molecule has 2 unspecified atom stereocenters. The second-order valence-electron chi connectivity index (χ2n) is 8.70. The summed E-state index contributed by atoms with van der Waals surface area (Å²) in [7, 11) is 0. The molecule has 1 aliphatic rings. The van der Waals surface area contributed by atoms with Crippen LogP contribution in [0.25, 0.3) is 0 Å². The van der Waals surface area contributed by atoms with Gasteiger partial charge in [0.25, 0.3) is 5.91 Å². The van der Waals surface area contributed by atoms with Gasteiger partial charge >= 0.3 is 0 Å². The van der Waals surface area contributed by atoms with Gasteiger partial charge in [-0.2, -0.15) is 0 Å². The fourth-order valence-electron chi connectivity index (χ4n) is 3.20. The molecule has 1 amide bonds. The Morgan fingerprint density at radius 3 is 2.36 bits per heavy atom. The third kappa shape index (κ3) is 5.06. The predicted molar refractivity (Wildman–Crippen MR) is 120 cm³/mol. The summed E-state index contributed by atoms with van der Waals surface area (Å²) < 4.78 is 0. The Morgan fingerprint density at radius 1 is 1.21 bits per heavy atom. The lowest BCUT2D eigenvalue weighted by atomic mass is 9.82. The summed E-state index contributed by atoms with van der Waals surface area (Å²) in [5.41, 5.74) is 3.15. The van der Waals surface area contributed by atoms with E-state index in [2.05, 4.69) is 67.9 Å². The van der Waals surface area contributed by atoms with Gasteiger partial charge in [-0.05, 0) is 56.5 Å². The average molecular weight is 380 g/mol. The van der Waals surface area contributed by atoms with E-state index < -0.39 is 5.54 Å². The van der Waals surface area contributed by atoms with Crippen molar-refractivity contribution in [3.8, 4) is 0 Å². The van der Waals surface area contributed by atoms with Crippen molar-refractivity contribution in [2.75, 3.05) is 5.32 Å². The third-order valence-electron chi connectivity index (χ3n) is 5.46. The molecule has 0 radical (unpaired) electrons. The molecule has 150 valence electrons. The van der Waals surface area contributed by atoms with Gasteiger partial charge in [0.15, 0.2) is 0 Å². The third-order valence-corrected chi connectivity index (χ3v) is 5.46. The van der Waals surface area contributed by atoms with Gasteiger partial charge < -0.3 is 5.32 Å². The number of nitrogens with one attached hydrogen (secondary N) is 1. The summed E-state index contributed by atoms with van der Waals surface area (Å²) >= 11 is 0. The maximum absolute atomic E-state index is 12.7. The first-order valence-electron chi connectivity index (χ1n) is 9.89. The number of allylic oxidation sites excluding steroid dienone is 1. The minimum Gasteiger partial charge on any atom is -0.322 e. The summed E-state index contributed by atoms with van der Waals surface area (Å²) in [5.74, 6) is -0.122. The van der Waals surface area contributed by atoms with Crippen LogP contribution in [0.4, 0.5) is 5.69 Å². The molecule has 2 rings (SSSR count).